The van der Waals surface area contributed by atoms with Gasteiger partial charge in [-0.1, -0.05) is 12.2 Å². The maximum Gasteiger partial charge on any atom is 0.124 e. The van der Waals surface area contributed by atoms with E-state index in [1.54, 1.807) is 7.11 Å². The predicted molar refractivity (Wildman–Crippen MR) is 73.3 cm³/mol. The van der Waals surface area contributed by atoms with E-state index in [0.29, 0.717) is 6.04 Å². The van der Waals surface area contributed by atoms with E-state index in [0.717, 1.165) is 37.5 Å². The lowest BCUT2D eigenvalue weighted by Crippen LogP contribution is -2.27. The van der Waals surface area contributed by atoms with E-state index >= 15 is 0 Å². The molecule has 3 heteroatoms. The minimum atomic E-state index is 0.370. The zero-order valence-electron chi connectivity index (χ0n) is 11.1. The fraction of sp³-hybridized carbons (Fsp3) is 0.467. The zero-order chi connectivity index (χ0) is 12.8. The van der Waals surface area contributed by atoms with Gasteiger partial charge >= 0.3 is 0 Å². The summed E-state index contributed by atoms with van der Waals surface area (Å²) in [6.07, 6.45) is 6.34. The van der Waals surface area contributed by atoms with Crippen LogP contribution in [0.4, 0.5) is 0 Å². The van der Waals surface area contributed by atoms with Crippen molar-refractivity contribution in [2.45, 2.75) is 25.8 Å². The molecule has 0 saturated carbocycles. The fourth-order valence-corrected chi connectivity index (χ4v) is 2.22. The Morgan fingerprint density at radius 3 is 3.17 bits per heavy atom. The maximum absolute atomic E-state index is 5.67. The lowest BCUT2D eigenvalue weighted by atomic mass is 10.00. The molecule has 3 nitrogen and oxygen atoms in total. The van der Waals surface area contributed by atoms with Gasteiger partial charge in [-0.15, -0.1) is 0 Å². The summed E-state index contributed by atoms with van der Waals surface area (Å²) < 4.78 is 10.9. The Morgan fingerprint density at radius 2 is 2.39 bits per heavy atom. The molecule has 1 aromatic rings. The molecule has 0 aliphatic carbocycles. The number of ether oxygens (including phenoxy) is 2. The van der Waals surface area contributed by atoms with Crippen LogP contribution in [0.5, 0.6) is 11.5 Å². The van der Waals surface area contributed by atoms with E-state index in [4.69, 9.17) is 9.47 Å². The predicted octanol–water partition coefficient (Wildman–Crippen LogP) is 3.07. The van der Waals surface area contributed by atoms with Gasteiger partial charge in [-0.2, -0.15) is 0 Å². The van der Waals surface area contributed by atoms with E-state index in [-0.39, 0.29) is 0 Å². The molecule has 1 aromatic carbocycles. The highest BCUT2D eigenvalue weighted by Crippen LogP contribution is 2.34. The van der Waals surface area contributed by atoms with Crippen molar-refractivity contribution < 1.29 is 9.47 Å². The van der Waals surface area contributed by atoms with Gasteiger partial charge in [0.05, 0.1) is 13.7 Å². The first kappa shape index (κ1) is 13.0. The number of allylic oxidation sites excluding steroid dienone is 1. The molecule has 1 heterocycles. The van der Waals surface area contributed by atoms with E-state index in [1.165, 1.54) is 5.56 Å². The Hall–Kier alpha value is -1.48. The molecule has 0 spiro atoms. The second-order valence-electron chi connectivity index (χ2n) is 4.41. The molecule has 0 amide bonds. The second-order valence-corrected chi connectivity index (χ2v) is 4.41. The van der Waals surface area contributed by atoms with E-state index < -0.39 is 0 Å². The highest BCUT2D eigenvalue weighted by molar-refractivity contribution is 5.43. The zero-order valence-corrected chi connectivity index (χ0v) is 11.1. The first-order valence-corrected chi connectivity index (χ1v) is 6.50. The van der Waals surface area contributed by atoms with Crippen LogP contribution in [0.25, 0.3) is 0 Å². The minimum absolute atomic E-state index is 0.370. The van der Waals surface area contributed by atoms with Gasteiger partial charge in [0.25, 0.3) is 0 Å². The van der Waals surface area contributed by atoms with Gasteiger partial charge in [0.2, 0.25) is 0 Å². The van der Waals surface area contributed by atoms with Crippen LogP contribution in [0.1, 0.15) is 31.4 Å². The van der Waals surface area contributed by atoms with Crippen LogP contribution in [0.3, 0.4) is 0 Å². The van der Waals surface area contributed by atoms with Crippen molar-refractivity contribution in [2.75, 3.05) is 20.3 Å². The van der Waals surface area contributed by atoms with E-state index in [2.05, 4.69) is 30.5 Å². The molecular weight excluding hydrogens is 226 g/mol. The van der Waals surface area contributed by atoms with E-state index in [1.807, 2.05) is 12.1 Å². The van der Waals surface area contributed by atoms with Crippen LogP contribution < -0.4 is 14.8 Å². The third-order valence-electron chi connectivity index (χ3n) is 3.19. The summed E-state index contributed by atoms with van der Waals surface area (Å²) in [5, 5.41) is 3.58. The summed E-state index contributed by atoms with van der Waals surface area (Å²) >= 11 is 0. The average molecular weight is 247 g/mol. The monoisotopic (exact) mass is 247 g/mol. The maximum atomic E-state index is 5.67. The van der Waals surface area contributed by atoms with Gasteiger partial charge in [-0.3, -0.25) is 0 Å². The van der Waals surface area contributed by atoms with Crippen molar-refractivity contribution in [3.05, 3.63) is 35.9 Å². The summed E-state index contributed by atoms with van der Waals surface area (Å²) in [4.78, 5) is 0. The van der Waals surface area contributed by atoms with Crippen LogP contribution >= 0.6 is 0 Å². The van der Waals surface area contributed by atoms with Gasteiger partial charge in [-0.05, 0) is 38.1 Å². The second kappa shape index (κ2) is 6.45. The van der Waals surface area contributed by atoms with Crippen molar-refractivity contribution in [3.8, 4) is 11.5 Å². The van der Waals surface area contributed by atoms with Crippen molar-refractivity contribution in [1.29, 1.82) is 0 Å². The van der Waals surface area contributed by atoms with Crippen LogP contribution in [-0.4, -0.2) is 20.3 Å². The molecular formula is C15H21NO2. The Kier molecular flexibility index (Phi) is 4.65. The smallest absolute Gasteiger partial charge is 0.124 e. The standard InChI is InChI=1S/C15H21NO2/c1-3-4-5-9-16-14-8-10-18-15-7-6-12(17-2)11-13(14)15/h3-4,6-7,11,14,16H,5,8-10H2,1-2H3. The number of hydrogen-bond donors (Lipinski definition) is 1. The van der Waals surface area contributed by atoms with Gasteiger partial charge < -0.3 is 14.8 Å². The van der Waals surface area contributed by atoms with Crippen molar-refractivity contribution in [3.63, 3.8) is 0 Å². The molecule has 1 aliphatic rings. The SMILES string of the molecule is CC=CCCNC1CCOc2ccc(OC)cc21. The third kappa shape index (κ3) is 3.05. The molecule has 18 heavy (non-hydrogen) atoms. The quantitative estimate of drug-likeness (QED) is 0.640. The fourth-order valence-electron chi connectivity index (χ4n) is 2.22. The van der Waals surface area contributed by atoms with Gasteiger partial charge in [-0.25, -0.2) is 0 Å². The van der Waals surface area contributed by atoms with Crippen LogP contribution in [-0.2, 0) is 0 Å². The molecule has 98 valence electrons. The first-order valence-electron chi connectivity index (χ1n) is 6.50. The normalized spacial score (nSPS) is 18.4. The van der Waals surface area contributed by atoms with Crippen LogP contribution in [0.15, 0.2) is 30.4 Å². The Bertz CT molecular complexity index is 415. The molecule has 1 N–H and O–H groups in total. The number of hydrogen-bond acceptors (Lipinski definition) is 3. The average Bonchev–Trinajstić information content (AvgIpc) is 2.43. The van der Waals surface area contributed by atoms with E-state index in [9.17, 15) is 0 Å². The van der Waals surface area contributed by atoms with Gasteiger partial charge in [0.15, 0.2) is 0 Å². The largest absolute Gasteiger partial charge is 0.497 e. The number of rotatable bonds is 5. The molecule has 0 fully saturated rings. The topological polar surface area (TPSA) is 30.5 Å². The molecule has 1 atom stereocenters. The number of benzene rings is 1. The van der Waals surface area contributed by atoms with Crippen LogP contribution in [0, 0.1) is 0 Å². The minimum Gasteiger partial charge on any atom is -0.497 e. The van der Waals surface area contributed by atoms with Crippen molar-refractivity contribution in [2.24, 2.45) is 0 Å². The van der Waals surface area contributed by atoms with Crippen molar-refractivity contribution >= 4 is 0 Å². The highest BCUT2D eigenvalue weighted by atomic mass is 16.5. The molecule has 1 unspecified atom stereocenters. The first-order chi connectivity index (χ1) is 8.85. The van der Waals surface area contributed by atoms with Crippen LogP contribution in [0.2, 0.25) is 0 Å². The van der Waals surface area contributed by atoms with Gasteiger partial charge in [0.1, 0.15) is 11.5 Å². The number of nitrogens with one attached hydrogen (secondary N) is 1. The molecule has 1 aliphatic heterocycles. The lowest BCUT2D eigenvalue weighted by molar-refractivity contribution is 0.252. The summed E-state index contributed by atoms with van der Waals surface area (Å²) in [7, 11) is 1.69. The number of fused-ring (bicyclic) bond motifs is 1. The molecule has 0 saturated heterocycles. The molecule has 0 radical (unpaired) electrons. The Morgan fingerprint density at radius 1 is 1.50 bits per heavy atom. The molecule has 0 aromatic heterocycles. The number of methoxy groups -OCH3 is 1. The molecule has 2 rings (SSSR count). The highest BCUT2D eigenvalue weighted by Gasteiger charge is 2.21. The summed E-state index contributed by atoms with van der Waals surface area (Å²) in [6, 6.07) is 6.38. The lowest BCUT2D eigenvalue weighted by Gasteiger charge is -2.27. The van der Waals surface area contributed by atoms with Gasteiger partial charge in [0, 0.05) is 18.0 Å². The summed E-state index contributed by atoms with van der Waals surface area (Å²) in [6.45, 7) is 3.82. The summed E-state index contributed by atoms with van der Waals surface area (Å²) in [5.41, 5.74) is 1.21. The summed E-state index contributed by atoms with van der Waals surface area (Å²) in [5.74, 6) is 1.87. The Labute approximate surface area is 109 Å². The molecule has 0 bridgehead atoms. The third-order valence-corrected chi connectivity index (χ3v) is 3.19. The Balaban J connectivity index is 2.06. The van der Waals surface area contributed by atoms with Crippen molar-refractivity contribution in [1.82, 2.24) is 5.32 Å².